The molecule has 0 aromatic carbocycles. The van der Waals surface area contributed by atoms with Gasteiger partial charge in [-0.25, -0.2) is 9.59 Å². The predicted molar refractivity (Wildman–Crippen MR) is 61.9 cm³/mol. The molecule has 6 nitrogen and oxygen atoms in total. The highest BCUT2D eigenvalue weighted by Crippen LogP contribution is 2.21. The Morgan fingerprint density at radius 3 is 2.35 bits per heavy atom. The highest BCUT2D eigenvalue weighted by atomic mass is 16.6. The van der Waals surface area contributed by atoms with E-state index in [4.69, 9.17) is 4.74 Å². The number of carbonyl (C=O) groups excluding carboxylic acids is 1. The molecule has 0 aromatic rings. The summed E-state index contributed by atoms with van der Waals surface area (Å²) < 4.78 is 5.08. The van der Waals surface area contributed by atoms with Gasteiger partial charge in [-0.3, -0.25) is 0 Å². The van der Waals surface area contributed by atoms with Crippen molar-refractivity contribution in [2.24, 2.45) is 0 Å². The Balaban J connectivity index is 2.69. The molecule has 2 N–H and O–H groups in total. The molecule has 1 amide bonds. The number of alkyl carbamates (subject to hydrolysis) is 1. The molecule has 17 heavy (non-hydrogen) atoms. The predicted octanol–water partition coefficient (Wildman–Crippen LogP) is 0.670. The molecular weight excluding hydrogens is 224 g/mol. The maximum absolute atomic E-state index is 11.6. The van der Waals surface area contributed by atoms with Crippen molar-refractivity contribution in [3.05, 3.63) is 0 Å². The van der Waals surface area contributed by atoms with E-state index >= 15 is 0 Å². The smallest absolute Gasteiger partial charge is 0.408 e. The van der Waals surface area contributed by atoms with Crippen molar-refractivity contribution in [2.75, 3.05) is 20.1 Å². The standard InChI is InChI=1S/C11H20N2O4/c1-10(2,3)17-9(16)12-11(8(14)15)5-6-13(4)7-11/h5-7H2,1-4H3,(H,12,16)(H,14,15)/t11-/m0/s1. The molecule has 98 valence electrons. The molecule has 0 spiro atoms. The summed E-state index contributed by atoms with van der Waals surface area (Å²) >= 11 is 0. The van der Waals surface area contributed by atoms with E-state index in [1.165, 1.54) is 0 Å². The van der Waals surface area contributed by atoms with Crippen LogP contribution in [0.15, 0.2) is 0 Å². The summed E-state index contributed by atoms with van der Waals surface area (Å²) in [4.78, 5) is 24.8. The molecule has 1 heterocycles. The molecule has 1 fully saturated rings. The number of amides is 1. The van der Waals surface area contributed by atoms with Crippen molar-refractivity contribution in [2.45, 2.75) is 38.3 Å². The van der Waals surface area contributed by atoms with E-state index in [1.54, 1.807) is 20.8 Å². The van der Waals surface area contributed by atoms with E-state index in [0.717, 1.165) is 0 Å². The minimum atomic E-state index is -1.23. The second-order valence-electron chi connectivity index (χ2n) is 5.50. The Morgan fingerprint density at radius 1 is 1.41 bits per heavy atom. The van der Waals surface area contributed by atoms with Crippen LogP contribution in [0.2, 0.25) is 0 Å². The van der Waals surface area contributed by atoms with Crippen LogP contribution in [0.3, 0.4) is 0 Å². The molecule has 0 radical (unpaired) electrons. The fourth-order valence-corrected chi connectivity index (χ4v) is 1.83. The largest absolute Gasteiger partial charge is 0.479 e. The van der Waals surface area contributed by atoms with Crippen molar-refractivity contribution in [1.29, 1.82) is 0 Å². The number of carboxylic acids is 1. The molecule has 0 saturated carbocycles. The van der Waals surface area contributed by atoms with Gasteiger partial charge in [0.15, 0.2) is 5.54 Å². The number of rotatable bonds is 2. The van der Waals surface area contributed by atoms with E-state index in [-0.39, 0.29) is 0 Å². The quantitative estimate of drug-likeness (QED) is 0.746. The second-order valence-corrected chi connectivity index (χ2v) is 5.50. The summed E-state index contributed by atoms with van der Waals surface area (Å²) in [6.45, 7) is 6.14. The number of aliphatic carboxylic acids is 1. The number of carboxylic acid groups (broad SMARTS) is 1. The first kappa shape index (κ1) is 13.8. The average Bonchev–Trinajstić information content (AvgIpc) is 2.44. The topological polar surface area (TPSA) is 78.9 Å². The molecule has 1 aliphatic heterocycles. The highest BCUT2D eigenvalue weighted by Gasteiger charge is 2.45. The third-order valence-corrected chi connectivity index (χ3v) is 2.61. The van der Waals surface area contributed by atoms with Gasteiger partial charge in [-0.05, 0) is 34.2 Å². The lowest BCUT2D eigenvalue weighted by Gasteiger charge is -2.27. The van der Waals surface area contributed by atoms with Gasteiger partial charge in [0, 0.05) is 13.1 Å². The third-order valence-electron chi connectivity index (χ3n) is 2.61. The first-order valence-corrected chi connectivity index (χ1v) is 5.58. The first-order chi connectivity index (χ1) is 7.65. The Bertz CT molecular complexity index is 324. The van der Waals surface area contributed by atoms with Crippen LogP contribution in [0, 0.1) is 0 Å². The molecule has 1 atom stereocenters. The monoisotopic (exact) mass is 244 g/mol. The molecule has 1 saturated heterocycles. The Morgan fingerprint density at radius 2 is 2.00 bits per heavy atom. The van der Waals surface area contributed by atoms with E-state index in [2.05, 4.69) is 5.32 Å². The Labute approximate surface area is 101 Å². The molecule has 0 bridgehead atoms. The summed E-state index contributed by atoms with van der Waals surface area (Å²) in [5, 5.41) is 11.7. The van der Waals surface area contributed by atoms with E-state index in [9.17, 15) is 14.7 Å². The Kier molecular flexibility index (Phi) is 3.66. The number of carbonyl (C=O) groups is 2. The normalized spacial score (nSPS) is 25.6. The molecule has 1 rings (SSSR count). The van der Waals surface area contributed by atoms with Crippen LogP contribution in [0.1, 0.15) is 27.2 Å². The lowest BCUT2D eigenvalue weighted by atomic mass is 9.99. The van der Waals surface area contributed by atoms with Gasteiger partial charge in [0.25, 0.3) is 0 Å². The fourth-order valence-electron chi connectivity index (χ4n) is 1.83. The molecule has 0 unspecified atom stereocenters. The number of hydrogen-bond acceptors (Lipinski definition) is 4. The zero-order chi connectivity index (χ0) is 13.3. The van der Waals surface area contributed by atoms with Gasteiger partial charge < -0.3 is 20.1 Å². The zero-order valence-electron chi connectivity index (χ0n) is 10.7. The van der Waals surface area contributed by atoms with Gasteiger partial charge in [-0.1, -0.05) is 0 Å². The maximum Gasteiger partial charge on any atom is 0.408 e. The summed E-state index contributed by atoms with van der Waals surface area (Å²) in [6, 6.07) is 0. The van der Waals surface area contributed by atoms with Crippen molar-refractivity contribution >= 4 is 12.1 Å². The molecule has 6 heteroatoms. The highest BCUT2D eigenvalue weighted by molar-refractivity contribution is 5.85. The Hall–Kier alpha value is -1.30. The van der Waals surface area contributed by atoms with Gasteiger partial charge in [0.1, 0.15) is 5.60 Å². The van der Waals surface area contributed by atoms with Gasteiger partial charge in [-0.2, -0.15) is 0 Å². The number of likely N-dealkylation sites (tertiary alicyclic amines) is 1. The van der Waals surface area contributed by atoms with Gasteiger partial charge in [-0.15, -0.1) is 0 Å². The lowest BCUT2D eigenvalue weighted by Crippen LogP contribution is -2.57. The van der Waals surface area contributed by atoms with Crippen LogP contribution >= 0.6 is 0 Å². The minimum Gasteiger partial charge on any atom is -0.479 e. The van der Waals surface area contributed by atoms with Crippen molar-refractivity contribution in [3.63, 3.8) is 0 Å². The summed E-state index contributed by atoms with van der Waals surface area (Å²) in [6.07, 6.45) is -0.298. The SMILES string of the molecule is CN1CC[C@@](NC(=O)OC(C)(C)C)(C(=O)O)C1. The van der Waals surface area contributed by atoms with Crippen molar-refractivity contribution < 1.29 is 19.4 Å². The fraction of sp³-hybridized carbons (Fsp3) is 0.818. The van der Waals surface area contributed by atoms with Gasteiger partial charge in [0.05, 0.1) is 0 Å². The number of nitrogens with zero attached hydrogens (tertiary/aromatic N) is 1. The van der Waals surface area contributed by atoms with Crippen LogP contribution in [0.5, 0.6) is 0 Å². The average molecular weight is 244 g/mol. The van der Waals surface area contributed by atoms with E-state index < -0.39 is 23.2 Å². The molecular formula is C11H20N2O4. The summed E-state index contributed by atoms with van der Waals surface area (Å²) in [5.41, 5.74) is -1.86. The van der Waals surface area contributed by atoms with E-state index in [1.807, 2.05) is 11.9 Å². The number of hydrogen-bond donors (Lipinski definition) is 2. The molecule has 0 aliphatic carbocycles. The van der Waals surface area contributed by atoms with Crippen LogP contribution < -0.4 is 5.32 Å². The molecule has 0 aromatic heterocycles. The number of likely N-dealkylation sites (N-methyl/N-ethyl adjacent to an activating group) is 1. The van der Waals surface area contributed by atoms with Crippen LogP contribution in [-0.4, -0.2) is 53.3 Å². The van der Waals surface area contributed by atoms with Crippen LogP contribution in [0.25, 0.3) is 0 Å². The molecule has 1 aliphatic rings. The van der Waals surface area contributed by atoms with Crippen LogP contribution in [0.4, 0.5) is 4.79 Å². The second kappa shape index (κ2) is 4.52. The third kappa shape index (κ3) is 3.59. The first-order valence-electron chi connectivity index (χ1n) is 5.58. The zero-order valence-corrected chi connectivity index (χ0v) is 10.7. The van der Waals surface area contributed by atoms with Gasteiger partial charge >= 0.3 is 12.1 Å². The minimum absolute atomic E-state index is 0.293. The van der Waals surface area contributed by atoms with E-state index in [0.29, 0.717) is 19.5 Å². The summed E-state index contributed by atoms with van der Waals surface area (Å²) in [7, 11) is 1.82. The van der Waals surface area contributed by atoms with Gasteiger partial charge in [0.2, 0.25) is 0 Å². The van der Waals surface area contributed by atoms with Crippen molar-refractivity contribution in [1.82, 2.24) is 10.2 Å². The number of nitrogens with one attached hydrogen (secondary N) is 1. The maximum atomic E-state index is 11.6. The lowest BCUT2D eigenvalue weighted by molar-refractivity contribution is -0.144. The summed E-state index contributed by atoms with van der Waals surface area (Å²) in [5.74, 6) is -1.02. The number of ether oxygens (including phenoxy) is 1. The van der Waals surface area contributed by atoms with Crippen LogP contribution in [-0.2, 0) is 9.53 Å². The van der Waals surface area contributed by atoms with Crippen molar-refractivity contribution in [3.8, 4) is 0 Å².